The van der Waals surface area contributed by atoms with Crippen LogP contribution in [0.25, 0.3) is 0 Å². The molecule has 0 aromatic heterocycles. The minimum Gasteiger partial charge on any atom is -0.508 e. The lowest BCUT2D eigenvalue weighted by Gasteiger charge is -2.03. The van der Waals surface area contributed by atoms with Gasteiger partial charge in [-0.15, -0.1) is 0 Å². The molecule has 0 aliphatic heterocycles. The van der Waals surface area contributed by atoms with Crippen LogP contribution in [0.3, 0.4) is 0 Å². The molecule has 1 aromatic rings. The van der Waals surface area contributed by atoms with E-state index in [0.29, 0.717) is 12.4 Å². The van der Waals surface area contributed by atoms with Gasteiger partial charge < -0.3 is 14.6 Å². The van der Waals surface area contributed by atoms with Crippen LogP contribution in [0.1, 0.15) is 12.5 Å². The van der Waals surface area contributed by atoms with Gasteiger partial charge >= 0.3 is 0 Å². The van der Waals surface area contributed by atoms with Crippen LogP contribution in [0.15, 0.2) is 22.7 Å². The lowest BCUT2D eigenvalue weighted by Crippen LogP contribution is -1.94. The first-order valence-electron chi connectivity index (χ1n) is 4.51. The van der Waals surface area contributed by atoms with Gasteiger partial charge in [0, 0.05) is 11.6 Å². The standard InChI is InChI=1S/C9H11BrO2.C2H4O/c1-12-5-4-7-6-8(10)2-3-9(7)11;1-2-3/h2-3,6,11H,4-5H2,1H3;2H,1H3. The molecule has 1 N–H and O–H groups in total. The topological polar surface area (TPSA) is 46.5 Å². The van der Waals surface area contributed by atoms with E-state index in [1.807, 2.05) is 12.1 Å². The predicted molar refractivity (Wildman–Crippen MR) is 63.1 cm³/mol. The third-order valence-corrected chi connectivity index (χ3v) is 2.11. The molecule has 0 aliphatic carbocycles. The van der Waals surface area contributed by atoms with Crippen LogP contribution in [0.5, 0.6) is 5.75 Å². The summed E-state index contributed by atoms with van der Waals surface area (Å²) < 4.78 is 5.89. The van der Waals surface area contributed by atoms with Gasteiger partial charge in [0.2, 0.25) is 0 Å². The Morgan fingerprint density at radius 3 is 2.67 bits per heavy atom. The monoisotopic (exact) mass is 274 g/mol. The second-order valence-electron chi connectivity index (χ2n) is 2.75. The van der Waals surface area contributed by atoms with E-state index in [1.165, 1.54) is 6.92 Å². The average Bonchev–Trinajstić information content (AvgIpc) is 2.21. The summed E-state index contributed by atoms with van der Waals surface area (Å²) in [5.74, 6) is 0.329. The number of aldehydes is 1. The second-order valence-corrected chi connectivity index (χ2v) is 3.67. The minimum atomic E-state index is 0.329. The van der Waals surface area contributed by atoms with Crippen LogP contribution >= 0.6 is 15.9 Å². The molecule has 0 fully saturated rings. The average molecular weight is 275 g/mol. The molecule has 0 spiro atoms. The number of benzene rings is 1. The number of hydrogen-bond acceptors (Lipinski definition) is 3. The summed E-state index contributed by atoms with van der Waals surface area (Å²) >= 11 is 3.34. The third kappa shape index (κ3) is 6.25. The van der Waals surface area contributed by atoms with Gasteiger partial charge in [0.1, 0.15) is 12.0 Å². The SMILES string of the molecule is CC=O.COCCc1cc(Br)ccc1O. The molecule has 0 radical (unpaired) electrons. The Labute approximate surface area is 98.2 Å². The molecule has 84 valence electrons. The van der Waals surface area contributed by atoms with Crippen molar-refractivity contribution in [1.29, 1.82) is 0 Å². The van der Waals surface area contributed by atoms with Crippen LogP contribution in [-0.4, -0.2) is 25.1 Å². The van der Waals surface area contributed by atoms with Gasteiger partial charge in [0.05, 0.1) is 6.61 Å². The number of phenolic OH excluding ortho intramolecular Hbond substituents is 1. The minimum absolute atomic E-state index is 0.329. The van der Waals surface area contributed by atoms with Crippen molar-refractivity contribution in [2.75, 3.05) is 13.7 Å². The summed E-state index contributed by atoms with van der Waals surface area (Å²) in [7, 11) is 1.65. The van der Waals surface area contributed by atoms with E-state index in [-0.39, 0.29) is 0 Å². The van der Waals surface area contributed by atoms with E-state index >= 15 is 0 Å². The molecule has 0 aliphatic rings. The first-order valence-corrected chi connectivity index (χ1v) is 5.31. The summed E-state index contributed by atoms with van der Waals surface area (Å²) in [6, 6.07) is 5.38. The largest absolute Gasteiger partial charge is 0.508 e. The maximum Gasteiger partial charge on any atom is 0.118 e. The molecule has 0 heterocycles. The fourth-order valence-electron chi connectivity index (χ4n) is 0.966. The maximum absolute atomic E-state index is 9.39. The van der Waals surface area contributed by atoms with Crippen LogP contribution in [0.4, 0.5) is 0 Å². The van der Waals surface area contributed by atoms with Crippen LogP contribution < -0.4 is 0 Å². The molecule has 1 aromatic carbocycles. The number of hydrogen-bond donors (Lipinski definition) is 1. The third-order valence-electron chi connectivity index (χ3n) is 1.62. The van der Waals surface area contributed by atoms with E-state index in [1.54, 1.807) is 13.2 Å². The highest BCUT2D eigenvalue weighted by Crippen LogP contribution is 2.21. The summed E-state index contributed by atoms with van der Waals surface area (Å²) in [5, 5.41) is 9.39. The fourth-order valence-corrected chi connectivity index (χ4v) is 1.37. The number of aromatic hydroxyl groups is 1. The molecular formula is C11H15BrO3. The quantitative estimate of drug-likeness (QED) is 0.862. The Hall–Kier alpha value is -0.870. The van der Waals surface area contributed by atoms with Gasteiger partial charge in [-0.2, -0.15) is 0 Å². The number of carbonyl (C=O) groups excluding carboxylic acids is 1. The fraction of sp³-hybridized carbons (Fsp3) is 0.364. The maximum atomic E-state index is 9.39. The number of carbonyl (C=O) groups is 1. The first-order chi connectivity index (χ1) is 7.15. The Bertz CT molecular complexity index is 300. The molecule has 0 saturated heterocycles. The Kier molecular flexibility index (Phi) is 7.95. The molecular weight excluding hydrogens is 260 g/mol. The number of ether oxygens (including phenoxy) is 1. The molecule has 0 saturated carbocycles. The zero-order valence-corrected chi connectivity index (χ0v) is 10.5. The highest BCUT2D eigenvalue weighted by molar-refractivity contribution is 9.10. The Balaban J connectivity index is 0.000000583. The molecule has 3 nitrogen and oxygen atoms in total. The molecule has 0 bridgehead atoms. The molecule has 4 heteroatoms. The van der Waals surface area contributed by atoms with Crippen molar-refractivity contribution in [2.45, 2.75) is 13.3 Å². The lowest BCUT2D eigenvalue weighted by molar-refractivity contribution is -0.106. The highest BCUT2D eigenvalue weighted by Gasteiger charge is 2.00. The number of methoxy groups -OCH3 is 1. The number of phenols is 1. The number of halogens is 1. The van der Waals surface area contributed by atoms with Crippen LogP contribution in [-0.2, 0) is 16.0 Å². The normalized spacial score (nSPS) is 9.00. The second kappa shape index (κ2) is 8.44. The summed E-state index contributed by atoms with van der Waals surface area (Å²) in [4.78, 5) is 8.81. The van der Waals surface area contributed by atoms with Crippen molar-refractivity contribution >= 4 is 22.2 Å². The van der Waals surface area contributed by atoms with Gasteiger partial charge in [-0.3, -0.25) is 0 Å². The molecule has 1 rings (SSSR count). The molecule has 0 unspecified atom stereocenters. The van der Waals surface area contributed by atoms with Crippen molar-refractivity contribution < 1.29 is 14.6 Å². The highest BCUT2D eigenvalue weighted by atomic mass is 79.9. The van der Waals surface area contributed by atoms with Crippen molar-refractivity contribution in [3.05, 3.63) is 28.2 Å². The number of rotatable bonds is 3. The zero-order chi connectivity index (χ0) is 11.7. The van der Waals surface area contributed by atoms with Gasteiger partial charge in [-0.05, 0) is 37.1 Å². The smallest absolute Gasteiger partial charge is 0.118 e. The molecule has 0 amide bonds. The van der Waals surface area contributed by atoms with E-state index in [9.17, 15) is 5.11 Å². The van der Waals surface area contributed by atoms with Gasteiger partial charge in [0.15, 0.2) is 0 Å². The van der Waals surface area contributed by atoms with Crippen molar-refractivity contribution in [3.63, 3.8) is 0 Å². The van der Waals surface area contributed by atoms with Crippen LogP contribution in [0.2, 0.25) is 0 Å². The summed E-state index contributed by atoms with van der Waals surface area (Å²) in [6.45, 7) is 2.07. The van der Waals surface area contributed by atoms with Crippen molar-refractivity contribution in [2.24, 2.45) is 0 Å². The van der Waals surface area contributed by atoms with Gasteiger partial charge in [0.25, 0.3) is 0 Å². The first kappa shape index (κ1) is 14.1. The van der Waals surface area contributed by atoms with E-state index in [0.717, 1.165) is 22.7 Å². The Morgan fingerprint density at radius 1 is 1.53 bits per heavy atom. The molecule has 15 heavy (non-hydrogen) atoms. The van der Waals surface area contributed by atoms with Crippen LogP contribution in [0, 0.1) is 0 Å². The van der Waals surface area contributed by atoms with E-state index in [2.05, 4.69) is 15.9 Å². The van der Waals surface area contributed by atoms with Gasteiger partial charge in [-0.1, -0.05) is 15.9 Å². The Morgan fingerprint density at radius 2 is 2.13 bits per heavy atom. The van der Waals surface area contributed by atoms with Gasteiger partial charge in [-0.25, -0.2) is 0 Å². The summed E-state index contributed by atoms with van der Waals surface area (Å²) in [5.41, 5.74) is 0.909. The molecule has 0 atom stereocenters. The van der Waals surface area contributed by atoms with E-state index in [4.69, 9.17) is 9.53 Å². The summed E-state index contributed by atoms with van der Waals surface area (Å²) in [6.07, 6.45) is 1.49. The zero-order valence-electron chi connectivity index (χ0n) is 8.87. The lowest BCUT2D eigenvalue weighted by atomic mass is 10.1. The van der Waals surface area contributed by atoms with E-state index < -0.39 is 0 Å². The van der Waals surface area contributed by atoms with Crippen molar-refractivity contribution in [1.82, 2.24) is 0 Å². The van der Waals surface area contributed by atoms with Crippen molar-refractivity contribution in [3.8, 4) is 5.75 Å². The predicted octanol–water partition coefficient (Wildman–Crippen LogP) is 2.55.